The van der Waals surface area contributed by atoms with Gasteiger partial charge < -0.3 is 10.2 Å². The molecule has 0 aliphatic heterocycles. The summed E-state index contributed by atoms with van der Waals surface area (Å²) < 4.78 is 2.03. The molecule has 2 rings (SSSR count). The number of anilines is 1. The molecule has 1 fully saturated rings. The Bertz CT molecular complexity index is 420. The lowest BCUT2D eigenvalue weighted by molar-refractivity contribution is 0.550. The molecule has 1 saturated carbocycles. The van der Waals surface area contributed by atoms with E-state index in [1.165, 1.54) is 30.6 Å². The average Bonchev–Trinajstić information content (AvgIpc) is 3.12. The van der Waals surface area contributed by atoms with Crippen molar-refractivity contribution in [1.29, 1.82) is 0 Å². The lowest BCUT2D eigenvalue weighted by atomic mass is 10.1. The fraction of sp³-hybridized carbons (Fsp3) is 0.800. The maximum atomic E-state index is 4.60. The molecule has 1 atom stereocenters. The first-order valence-electron chi connectivity index (χ1n) is 7.49. The standard InChI is InChI=1S/C15H28N4/c1-6-11(2)10-18(4)15-14(9-16-13-7-8-13)12(3)17-19(15)5/h11,13,16H,6-10H2,1-5H3. The van der Waals surface area contributed by atoms with Crippen molar-refractivity contribution in [2.45, 2.75) is 52.6 Å². The van der Waals surface area contributed by atoms with Crippen molar-refractivity contribution in [2.75, 3.05) is 18.5 Å². The van der Waals surface area contributed by atoms with Crippen LogP contribution in [0.2, 0.25) is 0 Å². The summed E-state index contributed by atoms with van der Waals surface area (Å²) in [6, 6.07) is 0.743. The molecule has 0 aromatic carbocycles. The van der Waals surface area contributed by atoms with Gasteiger partial charge in [-0.2, -0.15) is 5.10 Å². The van der Waals surface area contributed by atoms with Crippen LogP contribution in [-0.4, -0.2) is 29.4 Å². The highest BCUT2D eigenvalue weighted by molar-refractivity contribution is 5.49. The zero-order valence-electron chi connectivity index (χ0n) is 13.0. The van der Waals surface area contributed by atoms with Gasteiger partial charge in [-0.1, -0.05) is 20.3 Å². The average molecular weight is 264 g/mol. The van der Waals surface area contributed by atoms with Crippen molar-refractivity contribution >= 4 is 5.82 Å². The van der Waals surface area contributed by atoms with Gasteiger partial charge in [0.05, 0.1) is 5.69 Å². The van der Waals surface area contributed by atoms with Crippen molar-refractivity contribution in [3.63, 3.8) is 0 Å². The Morgan fingerprint density at radius 2 is 2.16 bits per heavy atom. The summed E-state index contributed by atoms with van der Waals surface area (Å²) in [4.78, 5) is 2.36. The summed E-state index contributed by atoms with van der Waals surface area (Å²) in [6.07, 6.45) is 3.88. The minimum absolute atomic E-state index is 0.712. The summed E-state index contributed by atoms with van der Waals surface area (Å²) in [5.74, 6) is 1.98. The van der Waals surface area contributed by atoms with Gasteiger partial charge in [0.15, 0.2) is 0 Å². The SMILES string of the molecule is CCC(C)CN(C)c1c(CNC2CC2)c(C)nn1C. The minimum Gasteiger partial charge on any atom is -0.359 e. The number of hydrogen-bond acceptors (Lipinski definition) is 3. The second-order valence-electron chi connectivity index (χ2n) is 6.06. The number of aryl methyl sites for hydroxylation is 2. The van der Waals surface area contributed by atoms with E-state index in [-0.39, 0.29) is 0 Å². The summed E-state index contributed by atoms with van der Waals surface area (Å²) in [5.41, 5.74) is 2.52. The second-order valence-corrected chi connectivity index (χ2v) is 6.06. The van der Waals surface area contributed by atoms with Crippen LogP contribution in [0.5, 0.6) is 0 Å². The number of hydrogen-bond donors (Lipinski definition) is 1. The largest absolute Gasteiger partial charge is 0.359 e. The third-order valence-electron chi connectivity index (χ3n) is 4.10. The van der Waals surface area contributed by atoms with Gasteiger partial charge >= 0.3 is 0 Å². The molecule has 1 aliphatic carbocycles. The van der Waals surface area contributed by atoms with Gasteiger partial charge in [-0.05, 0) is 25.7 Å². The van der Waals surface area contributed by atoms with Gasteiger partial charge in [0.2, 0.25) is 0 Å². The fourth-order valence-electron chi connectivity index (χ4n) is 2.59. The maximum absolute atomic E-state index is 4.60. The van der Waals surface area contributed by atoms with Gasteiger partial charge in [0, 0.05) is 38.8 Å². The fourth-order valence-corrected chi connectivity index (χ4v) is 2.59. The summed E-state index contributed by atoms with van der Waals surface area (Å²) >= 11 is 0. The predicted molar refractivity (Wildman–Crippen MR) is 80.5 cm³/mol. The van der Waals surface area contributed by atoms with E-state index in [0.29, 0.717) is 5.92 Å². The number of rotatable bonds is 7. The van der Waals surface area contributed by atoms with E-state index < -0.39 is 0 Å². The van der Waals surface area contributed by atoms with E-state index >= 15 is 0 Å². The quantitative estimate of drug-likeness (QED) is 0.821. The molecule has 0 saturated heterocycles. The number of nitrogens with zero attached hydrogens (tertiary/aromatic N) is 3. The molecule has 1 aliphatic rings. The van der Waals surface area contributed by atoms with Gasteiger partial charge in [-0.25, -0.2) is 0 Å². The van der Waals surface area contributed by atoms with Gasteiger partial charge in [-0.3, -0.25) is 4.68 Å². The lowest BCUT2D eigenvalue weighted by Crippen LogP contribution is -2.27. The lowest BCUT2D eigenvalue weighted by Gasteiger charge is -2.24. The maximum Gasteiger partial charge on any atom is 0.131 e. The zero-order valence-corrected chi connectivity index (χ0v) is 13.0. The number of nitrogens with one attached hydrogen (secondary N) is 1. The van der Waals surface area contributed by atoms with Crippen LogP contribution < -0.4 is 10.2 Å². The van der Waals surface area contributed by atoms with Crippen molar-refractivity contribution in [3.05, 3.63) is 11.3 Å². The van der Waals surface area contributed by atoms with Crippen LogP contribution in [0, 0.1) is 12.8 Å². The molecule has 1 N–H and O–H groups in total. The molecule has 0 amide bonds. The molecule has 4 heteroatoms. The van der Waals surface area contributed by atoms with Crippen molar-refractivity contribution in [1.82, 2.24) is 15.1 Å². The summed E-state index contributed by atoms with van der Waals surface area (Å²) in [6.45, 7) is 8.71. The molecule has 1 aromatic heterocycles. The van der Waals surface area contributed by atoms with Gasteiger partial charge in [0.25, 0.3) is 0 Å². The molecule has 1 heterocycles. The van der Waals surface area contributed by atoms with E-state index in [1.54, 1.807) is 0 Å². The molecule has 0 spiro atoms. The van der Waals surface area contributed by atoms with E-state index in [1.807, 2.05) is 4.68 Å². The normalized spacial score (nSPS) is 16.7. The Morgan fingerprint density at radius 1 is 1.47 bits per heavy atom. The van der Waals surface area contributed by atoms with Gasteiger partial charge in [0.1, 0.15) is 5.82 Å². The van der Waals surface area contributed by atoms with Crippen LogP contribution >= 0.6 is 0 Å². The Morgan fingerprint density at radius 3 is 2.74 bits per heavy atom. The smallest absolute Gasteiger partial charge is 0.131 e. The topological polar surface area (TPSA) is 33.1 Å². The highest BCUT2D eigenvalue weighted by Gasteiger charge is 2.23. The first-order valence-corrected chi connectivity index (χ1v) is 7.49. The van der Waals surface area contributed by atoms with Crippen LogP contribution in [0.25, 0.3) is 0 Å². The molecule has 1 aromatic rings. The van der Waals surface area contributed by atoms with Crippen LogP contribution in [0.3, 0.4) is 0 Å². The van der Waals surface area contributed by atoms with Crippen LogP contribution in [0.4, 0.5) is 5.82 Å². The van der Waals surface area contributed by atoms with Crippen LogP contribution in [0.1, 0.15) is 44.4 Å². The van der Waals surface area contributed by atoms with Crippen molar-refractivity contribution in [2.24, 2.45) is 13.0 Å². The highest BCUT2D eigenvalue weighted by atomic mass is 15.4. The predicted octanol–water partition coefficient (Wildman–Crippen LogP) is 2.46. The Labute approximate surface area is 117 Å². The second kappa shape index (κ2) is 5.95. The third kappa shape index (κ3) is 3.50. The molecule has 0 bridgehead atoms. The molecule has 4 nitrogen and oxygen atoms in total. The number of aromatic nitrogens is 2. The minimum atomic E-state index is 0.712. The summed E-state index contributed by atoms with van der Waals surface area (Å²) in [7, 11) is 4.24. The summed E-state index contributed by atoms with van der Waals surface area (Å²) in [5, 5.41) is 8.21. The molecule has 1 unspecified atom stereocenters. The first kappa shape index (κ1) is 14.4. The van der Waals surface area contributed by atoms with Crippen molar-refractivity contribution < 1.29 is 0 Å². The zero-order chi connectivity index (χ0) is 14.0. The molecular weight excluding hydrogens is 236 g/mol. The Kier molecular flexibility index (Phi) is 4.50. The monoisotopic (exact) mass is 264 g/mol. The Hall–Kier alpha value is -1.03. The van der Waals surface area contributed by atoms with Crippen LogP contribution in [-0.2, 0) is 13.6 Å². The van der Waals surface area contributed by atoms with E-state index in [2.05, 4.69) is 50.2 Å². The van der Waals surface area contributed by atoms with Crippen LogP contribution in [0.15, 0.2) is 0 Å². The van der Waals surface area contributed by atoms with Gasteiger partial charge in [-0.15, -0.1) is 0 Å². The third-order valence-corrected chi connectivity index (χ3v) is 4.10. The first-order chi connectivity index (χ1) is 9.02. The Balaban J connectivity index is 2.11. The van der Waals surface area contributed by atoms with E-state index in [0.717, 1.165) is 24.8 Å². The molecular formula is C15H28N4. The molecule has 0 radical (unpaired) electrons. The van der Waals surface area contributed by atoms with E-state index in [9.17, 15) is 0 Å². The molecule has 19 heavy (non-hydrogen) atoms. The highest BCUT2D eigenvalue weighted by Crippen LogP contribution is 2.25. The van der Waals surface area contributed by atoms with Crippen molar-refractivity contribution in [3.8, 4) is 0 Å². The molecule has 108 valence electrons. The van der Waals surface area contributed by atoms with E-state index in [4.69, 9.17) is 0 Å².